The highest BCUT2D eigenvalue weighted by molar-refractivity contribution is 6.04. The van der Waals surface area contributed by atoms with Gasteiger partial charge in [-0.25, -0.2) is 4.79 Å². The number of nitrogens with zero attached hydrogens (tertiary/aromatic N) is 1. The normalized spacial score (nSPS) is 15.5. The van der Waals surface area contributed by atoms with Gasteiger partial charge in [-0.15, -0.1) is 0 Å². The molecule has 0 aliphatic carbocycles. The van der Waals surface area contributed by atoms with Gasteiger partial charge in [-0.3, -0.25) is 9.59 Å². The molecule has 2 rings (SSSR count). The van der Waals surface area contributed by atoms with Gasteiger partial charge in [0.05, 0.1) is 18.4 Å². The summed E-state index contributed by atoms with van der Waals surface area (Å²) in [4.78, 5) is 37.1. The van der Waals surface area contributed by atoms with Crippen LogP contribution in [-0.2, 0) is 14.3 Å². The zero-order chi connectivity index (χ0) is 18.1. The number of primary amides is 1. The number of aryl methyl sites for hydroxylation is 1. The molecule has 2 amide bonds. The predicted octanol–water partition coefficient (Wildman–Crippen LogP) is 1.55. The van der Waals surface area contributed by atoms with Crippen LogP contribution in [-0.4, -0.2) is 37.0 Å². The third-order valence-electron chi connectivity index (χ3n) is 3.93. The zero-order valence-corrected chi connectivity index (χ0v) is 14.3. The first kappa shape index (κ1) is 17.8. The topological polar surface area (TPSA) is 98.9 Å². The Morgan fingerprint density at radius 1 is 1.33 bits per heavy atom. The zero-order valence-electron chi connectivity index (χ0n) is 14.3. The van der Waals surface area contributed by atoms with E-state index in [9.17, 15) is 14.4 Å². The van der Waals surface area contributed by atoms with E-state index in [1.54, 1.807) is 32.9 Å². The molecule has 1 aliphatic rings. The van der Waals surface area contributed by atoms with Gasteiger partial charge in [0.1, 0.15) is 5.75 Å². The Kier molecular flexibility index (Phi) is 4.82. The first-order valence-corrected chi connectivity index (χ1v) is 7.69. The third kappa shape index (κ3) is 3.34. The van der Waals surface area contributed by atoms with Gasteiger partial charge in [-0.2, -0.15) is 0 Å². The fourth-order valence-electron chi connectivity index (χ4n) is 2.68. The van der Waals surface area contributed by atoms with Crippen LogP contribution in [0.5, 0.6) is 5.75 Å². The van der Waals surface area contributed by atoms with Gasteiger partial charge in [0.25, 0.3) is 5.91 Å². The summed E-state index contributed by atoms with van der Waals surface area (Å²) in [7, 11) is 1.30. The summed E-state index contributed by atoms with van der Waals surface area (Å²) in [5, 5.41) is 0. The maximum absolute atomic E-state index is 12.7. The number of carbonyl (C=O) groups is 3. The van der Waals surface area contributed by atoms with Crippen LogP contribution in [0.4, 0.5) is 5.69 Å². The van der Waals surface area contributed by atoms with E-state index in [1.165, 1.54) is 12.0 Å². The van der Waals surface area contributed by atoms with Crippen molar-refractivity contribution in [3.8, 4) is 5.75 Å². The number of hydrogen-bond acceptors (Lipinski definition) is 5. The highest BCUT2D eigenvalue weighted by Gasteiger charge is 2.41. The van der Waals surface area contributed by atoms with Crippen LogP contribution in [0.1, 0.15) is 42.6 Å². The first-order valence-electron chi connectivity index (χ1n) is 7.69. The number of fused-ring (bicyclic) bond motifs is 1. The van der Waals surface area contributed by atoms with Gasteiger partial charge in [0, 0.05) is 13.0 Å². The molecule has 0 saturated carbocycles. The number of carbonyl (C=O) groups excluding carboxylic acids is 3. The molecule has 0 unspecified atom stereocenters. The highest BCUT2D eigenvalue weighted by Crippen LogP contribution is 2.40. The Balaban J connectivity index is 2.45. The molecule has 1 aromatic rings. The molecule has 130 valence electrons. The summed E-state index contributed by atoms with van der Waals surface area (Å²) in [5.41, 5.74) is 5.70. The summed E-state index contributed by atoms with van der Waals surface area (Å²) >= 11 is 0. The number of anilines is 1. The lowest BCUT2D eigenvalue weighted by molar-refractivity contribution is -0.132. The van der Waals surface area contributed by atoms with Crippen LogP contribution < -0.4 is 15.4 Å². The minimum absolute atomic E-state index is 0.177. The van der Waals surface area contributed by atoms with E-state index >= 15 is 0 Å². The van der Waals surface area contributed by atoms with Crippen molar-refractivity contribution in [2.75, 3.05) is 18.6 Å². The molecule has 24 heavy (non-hydrogen) atoms. The molecule has 0 atom stereocenters. The number of rotatable bonds is 5. The van der Waals surface area contributed by atoms with E-state index in [-0.39, 0.29) is 12.3 Å². The Morgan fingerprint density at radius 3 is 2.58 bits per heavy atom. The maximum atomic E-state index is 12.7. The molecule has 0 bridgehead atoms. The quantitative estimate of drug-likeness (QED) is 0.824. The molecule has 0 saturated heterocycles. The SMILES string of the molecule is COC(=O)c1cc2c(cc1C)OC(C)(C)C(=O)N2CCCC(N)=O. The van der Waals surface area contributed by atoms with Gasteiger partial charge in [-0.05, 0) is 44.9 Å². The molecule has 1 aliphatic heterocycles. The van der Waals surface area contributed by atoms with Crippen molar-refractivity contribution in [1.82, 2.24) is 0 Å². The van der Waals surface area contributed by atoms with E-state index in [0.717, 1.165) is 0 Å². The van der Waals surface area contributed by atoms with Gasteiger partial charge in [-0.1, -0.05) is 0 Å². The van der Waals surface area contributed by atoms with Crippen molar-refractivity contribution in [2.24, 2.45) is 5.73 Å². The van der Waals surface area contributed by atoms with Crippen molar-refractivity contribution in [3.63, 3.8) is 0 Å². The monoisotopic (exact) mass is 334 g/mol. The Hall–Kier alpha value is -2.57. The van der Waals surface area contributed by atoms with Gasteiger partial charge in [0.15, 0.2) is 5.60 Å². The number of benzene rings is 1. The van der Waals surface area contributed by atoms with Crippen molar-refractivity contribution >= 4 is 23.5 Å². The molecule has 0 fully saturated rings. The molecule has 7 nitrogen and oxygen atoms in total. The van der Waals surface area contributed by atoms with Crippen LogP contribution in [0.2, 0.25) is 0 Å². The van der Waals surface area contributed by atoms with E-state index in [2.05, 4.69) is 0 Å². The molecule has 2 N–H and O–H groups in total. The number of amides is 2. The van der Waals surface area contributed by atoms with Crippen molar-refractivity contribution < 1.29 is 23.9 Å². The second-order valence-electron chi connectivity index (χ2n) is 6.27. The Morgan fingerprint density at radius 2 is 2.00 bits per heavy atom. The summed E-state index contributed by atoms with van der Waals surface area (Å²) in [6.07, 6.45) is 0.605. The average molecular weight is 334 g/mol. The number of esters is 1. The minimum atomic E-state index is -1.03. The van der Waals surface area contributed by atoms with Gasteiger partial charge in [0.2, 0.25) is 5.91 Å². The largest absolute Gasteiger partial charge is 0.476 e. The summed E-state index contributed by atoms with van der Waals surface area (Å²) in [6.45, 7) is 5.45. The van der Waals surface area contributed by atoms with Crippen LogP contribution in [0, 0.1) is 6.92 Å². The average Bonchev–Trinajstić information content (AvgIpc) is 2.49. The number of methoxy groups -OCH3 is 1. The number of nitrogens with two attached hydrogens (primary N) is 1. The highest BCUT2D eigenvalue weighted by atomic mass is 16.5. The number of ether oxygens (including phenoxy) is 2. The lowest BCUT2D eigenvalue weighted by Gasteiger charge is -2.39. The van der Waals surface area contributed by atoms with Gasteiger partial charge < -0.3 is 20.1 Å². The second kappa shape index (κ2) is 6.51. The van der Waals surface area contributed by atoms with Crippen molar-refractivity contribution in [2.45, 2.75) is 39.2 Å². The maximum Gasteiger partial charge on any atom is 0.338 e. The minimum Gasteiger partial charge on any atom is -0.476 e. The molecule has 0 radical (unpaired) electrons. The molecule has 1 aromatic carbocycles. The van der Waals surface area contributed by atoms with E-state index in [4.69, 9.17) is 15.2 Å². The molecule has 7 heteroatoms. The fraction of sp³-hybridized carbons (Fsp3) is 0.471. The Labute approximate surface area is 140 Å². The molecule has 0 spiro atoms. The smallest absolute Gasteiger partial charge is 0.338 e. The third-order valence-corrected chi connectivity index (χ3v) is 3.93. The summed E-state index contributed by atoms with van der Waals surface area (Å²) < 4.78 is 10.6. The van der Waals surface area contributed by atoms with E-state index in [1.807, 2.05) is 0 Å². The predicted molar refractivity (Wildman–Crippen MR) is 88.0 cm³/mol. The molecular weight excluding hydrogens is 312 g/mol. The van der Waals surface area contributed by atoms with E-state index in [0.29, 0.717) is 35.5 Å². The molecular formula is C17H22N2O5. The molecule has 1 heterocycles. The van der Waals surface area contributed by atoms with E-state index < -0.39 is 17.5 Å². The fourth-order valence-corrected chi connectivity index (χ4v) is 2.68. The van der Waals surface area contributed by atoms with Crippen LogP contribution in [0.3, 0.4) is 0 Å². The summed E-state index contributed by atoms with van der Waals surface area (Å²) in [6, 6.07) is 3.31. The Bertz CT molecular complexity index is 696. The van der Waals surface area contributed by atoms with Crippen LogP contribution >= 0.6 is 0 Å². The lowest BCUT2D eigenvalue weighted by atomic mass is 10.00. The van der Waals surface area contributed by atoms with Crippen molar-refractivity contribution in [3.05, 3.63) is 23.3 Å². The van der Waals surface area contributed by atoms with Crippen molar-refractivity contribution in [1.29, 1.82) is 0 Å². The first-order chi connectivity index (χ1) is 11.2. The lowest BCUT2D eigenvalue weighted by Crippen LogP contribution is -2.53. The number of hydrogen-bond donors (Lipinski definition) is 1. The summed E-state index contributed by atoms with van der Waals surface area (Å²) in [5.74, 6) is -0.623. The van der Waals surface area contributed by atoms with Crippen LogP contribution in [0.15, 0.2) is 12.1 Å². The van der Waals surface area contributed by atoms with Crippen LogP contribution in [0.25, 0.3) is 0 Å². The standard InChI is InChI=1S/C17H22N2O5/c1-10-8-13-12(9-11(10)15(21)23-4)19(7-5-6-14(18)20)16(22)17(2,3)24-13/h8-9H,5-7H2,1-4H3,(H2,18,20). The second-order valence-corrected chi connectivity index (χ2v) is 6.27. The molecule has 0 aromatic heterocycles. The van der Waals surface area contributed by atoms with Gasteiger partial charge >= 0.3 is 5.97 Å².